The molecule has 1 N–H and O–H groups in total. The Bertz CT molecular complexity index is 895. The number of hydrogen-bond donors (Lipinski definition) is 1. The first-order valence-corrected chi connectivity index (χ1v) is 8.68. The van der Waals surface area contributed by atoms with Gasteiger partial charge in [0.1, 0.15) is 5.75 Å². The van der Waals surface area contributed by atoms with Gasteiger partial charge in [0.2, 0.25) is 6.79 Å². The van der Waals surface area contributed by atoms with E-state index in [0.29, 0.717) is 17.2 Å². The van der Waals surface area contributed by atoms with Gasteiger partial charge in [-0.3, -0.25) is 14.9 Å². The number of carbonyl (C=O) groups excluding carboxylic acids is 1. The van der Waals surface area contributed by atoms with Gasteiger partial charge in [0, 0.05) is 0 Å². The topological polar surface area (TPSA) is 112 Å². The molecule has 146 valence electrons. The third-order valence-corrected chi connectivity index (χ3v) is 3.94. The lowest BCUT2D eigenvalue weighted by atomic mass is 10.1. The first kappa shape index (κ1) is 19.2. The van der Waals surface area contributed by atoms with Crippen molar-refractivity contribution in [2.24, 2.45) is 5.10 Å². The van der Waals surface area contributed by atoms with Crippen molar-refractivity contribution >= 4 is 17.8 Å². The molecule has 0 spiro atoms. The molecule has 0 fully saturated rings. The number of nitro groups is 1. The molecule has 0 saturated heterocycles. The van der Waals surface area contributed by atoms with Crippen LogP contribution in [0.5, 0.6) is 17.2 Å². The van der Waals surface area contributed by atoms with Gasteiger partial charge in [0.05, 0.1) is 22.8 Å². The van der Waals surface area contributed by atoms with Gasteiger partial charge in [0.25, 0.3) is 11.6 Å². The minimum Gasteiger partial charge on any atom is -0.484 e. The maximum Gasteiger partial charge on any atom is 0.282 e. The summed E-state index contributed by atoms with van der Waals surface area (Å²) >= 11 is 0. The summed E-state index contributed by atoms with van der Waals surface area (Å²) in [5.74, 6) is 0.766. The van der Waals surface area contributed by atoms with Crippen molar-refractivity contribution in [2.45, 2.75) is 19.8 Å². The van der Waals surface area contributed by atoms with E-state index in [9.17, 15) is 14.9 Å². The van der Waals surface area contributed by atoms with Crippen LogP contribution in [0.25, 0.3) is 0 Å². The molecule has 1 amide bonds. The number of aryl methyl sites for hydroxylation is 1. The van der Waals surface area contributed by atoms with E-state index in [2.05, 4.69) is 17.5 Å². The number of amides is 1. The predicted octanol–water partition coefficient (Wildman–Crippen LogP) is 2.81. The van der Waals surface area contributed by atoms with Crippen molar-refractivity contribution < 1.29 is 23.9 Å². The Morgan fingerprint density at radius 3 is 2.68 bits per heavy atom. The second kappa shape index (κ2) is 8.85. The Morgan fingerprint density at radius 2 is 2.00 bits per heavy atom. The van der Waals surface area contributed by atoms with Crippen LogP contribution in [0.1, 0.15) is 24.5 Å². The zero-order valence-corrected chi connectivity index (χ0v) is 15.2. The summed E-state index contributed by atoms with van der Waals surface area (Å²) in [6, 6.07) is 10.2. The molecule has 1 heterocycles. The van der Waals surface area contributed by atoms with Crippen LogP contribution in [-0.2, 0) is 11.2 Å². The molecule has 28 heavy (non-hydrogen) atoms. The fourth-order valence-electron chi connectivity index (χ4n) is 2.60. The molecular formula is C19H19N3O6. The maximum atomic E-state index is 11.9. The van der Waals surface area contributed by atoms with Crippen LogP contribution in [-0.4, -0.2) is 30.4 Å². The molecule has 0 atom stereocenters. The van der Waals surface area contributed by atoms with Crippen molar-refractivity contribution in [1.82, 2.24) is 5.43 Å². The van der Waals surface area contributed by atoms with E-state index in [1.807, 2.05) is 12.1 Å². The van der Waals surface area contributed by atoms with Crippen molar-refractivity contribution in [3.05, 3.63) is 57.6 Å². The molecule has 0 saturated carbocycles. The molecule has 0 unspecified atom stereocenters. The van der Waals surface area contributed by atoms with Gasteiger partial charge < -0.3 is 14.2 Å². The minimum absolute atomic E-state index is 0.000578. The van der Waals surface area contributed by atoms with Crippen molar-refractivity contribution in [3.8, 4) is 17.2 Å². The third-order valence-electron chi connectivity index (χ3n) is 3.94. The highest BCUT2D eigenvalue weighted by atomic mass is 16.7. The molecule has 9 heteroatoms. The summed E-state index contributed by atoms with van der Waals surface area (Å²) < 4.78 is 15.7. The van der Waals surface area contributed by atoms with E-state index in [4.69, 9.17) is 14.2 Å². The third kappa shape index (κ3) is 4.76. The van der Waals surface area contributed by atoms with Gasteiger partial charge in [-0.2, -0.15) is 5.10 Å². The number of carbonyl (C=O) groups is 1. The van der Waals surface area contributed by atoms with Gasteiger partial charge >= 0.3 is 0 Å². The normalized spacial score (nSPS) is 12.2. The van der Waals surface area contributed by atoms with Crippen LogP contribution in [0.4, 0.5) is 5.69 Å². The lowest BCUT2D eigenvalue weighted by molar-refractivity contribution is -0.385. The lowest BCUT2D eigenvalue weighted by Gasteiger charge is -2.06. The summed E-state index contributed by atoms with van der Waals surface area (Å²) in [5.41, 5.74) is 3.46. The van der Waals surface area contributed by atoms with Crippen LogP contribution in [0.2, 0.25) is 0 Å². The Morgan fingerprint density at radius 1 is 1.29 bits per heavy atom. The molecule has 0 aliphatic carbocycles. The van der Waals surface area contributed by atoms with Crippen molar-refractivity contribution in [3.63, 3.8) is 0 Å². The quantitative estimate of drug-likeness (QED) is 0.425. The Balaban J connectivity index is 1.55. The van der Waals surface area contributed by atoms with Crippen LogP contribution < -0.4 is 19.6 Å². The van der Waals surface area contributed by atoms with Crippen LogP contribution >= 0.6 is 0 Å². The highest BCUT2D eigenvalue weighted by molar-refractivity contribution is 5.88. The summed E-state index contributed by atoms with van der Waals surface area (Å²) in [4.78, 5) is 22.5. The second-order valence-corrected chi connectivity index (χ2v) is 6.00. The standard InChI is InChI=1S/C19H19N3O6/c1-2-3-13-4-6-15(7-5-13)26-11-19(23)21-20-10-14-8-17-18(28-12-27-17)9-16(14)22(24)25/h4-10H,2-3,11-12H2,1H3,(H,21,23)/b20-10+. The fraction of sp³-hybridized carbons (Fsp3) is 0.263. The zero-order valence-electron chi connectivity index (χ0n) is 15.2. The molecule has 1 aliphatic rings. The maximum absolute atomic E-state index is 11.9. The van der Waals surface area contributed by atoms with Gasteiger partial charge in [-0.05, 0) is 30.2 Å². The minimum atomic E-state index is -0.559. The number of ether oxygens (including phenoxy) is 3. The molecular weight excluding hydrogens is 366 g/mol. The Hall–Kier alpha value is -3.62. The SMILES string of the molecule is CCCc1ccc(OCC(=O)N/N=C/c2cc3c(cc2[N+](=O)[O-])OCO3)cc1. The molecule has 0 radical (unpaired) electrons. The molecule has 2 aromatic carbocycles. The van der Waals surface area contributed by atoms with E-state index in [1.165, 1.54) is 23.9 Å². The van der Waals surface area contributed by atoms with Crippen LogP contribution in [0.15, 0.2) is 41.5 Å². The highest BCUT2D eigenvalue weighted by Crippen LogP contribution is 2.37. The van der Waals surface area contributed by atoms with Crippen molar-refractivity contribution in [2.75, 3.05) is 13.4 Å². The summed E-state index contributed by atoms with van der Waals surface area (Å²) in [7, 11) is 0. The Labute approximate surface area is 161 Å². The number of nitrogens with zero attached hydrogens (tertiary/aromatic N) is 2. The molecule has 0 bridgehead atoms. The number of rotatable bonds is 8. The average molecular weight is 385 g/mol. The zero-order chi connectivity index (χ0) is 19.9. The number of hydrogen-bond acceptors (Lipinski definition) is 7. The van der Waals surface area contributed by atoms with Crippen LogP contribution in [0.3, 0.4) is 0 Å². The lowest BCUT2D eigenvalue weighted by Crippen LogP contribution is -2.24. The smallest absolute Gasteiger partial charge is 0.282 e. The number of nitro benzene ring substituents is 1. The second-order valence-electron chi connectivity index (χ2n) is 6.00. The number of nitrogens with one attached hydrogen (secondary N) is 1. The molecule has 0 aromatic heterocycles. The van der Waals surface area contributed by atoms with Crippen molar-refractivity contribution in [1.29, 1.82) is 0 Å². The Kier molecular flexibility index (Phi) is 6.05. The van der Waals surface area contributed by atoms with E-state index in [1.54, 1.807) is 12.1 Å². The molecule has 9 nitrogen and oxygen atoms in total. The first-order valence-electron chi connectivity index (χ1n) is 8.68. The average Bonchev–Trinajstić information content (AvgIpc) is 3.14. The first-order chi connectivity index (χ1) is 13.6. The van der Waals surface area contributed by atoms with Gasteiger partial charge in [-0.25, -0.2) is 5.43 Å². The number of benzene rings is 2. The van der Waals surface area contributed by atoms with Gasteiger partial charge in [-0.15, -0.1) is 0 Å². The molecule has 3 rings (SSSR count). The highest BCUT2D eigenvalue weighted by Gasteiger charge is 2.22. The molecule has 2 aromatic rings. The van der Waals surface area contributed by atoms with E-state index in [-0.39, 0.29) is 24.7 Å². The van der Waals surface area contributed by atoms with E-state index < -0.39 is 10.8 Å². The summed E-state index contributed by atoms with van der Waals surface area (Å²) in [6.07, 6.45) is 3.22. The summed E-state index contributed by atoms with van der Waals surface area (Å²) in [5, 5.41) is 14.9. The van der Waals surface area contributed by atoms with E-state index >= 15 is 0 Å². The number of hydrazone groups is 1. The predicted molar refractivity (Wildman–Crippen MR) is 101 cm³/mol. The summed E-state index contributed by atoms with van der Waals surface area (Å²) in [6.45, 7) is 1.88. The largest absolute Gasteiger partial charge is 0.484 e. The molecule has 1 aliphatic heterocycles. The fourth-order valence-corrected chi connectivity index (χ4v) is 2.60. The monoisotopic (exact) mass is 385 g/mol. The van der Waals surface area contributed by atoms with Gasteiger partial charge in [-0.1, -0.05) is 25.5 Å². The van der Waals surface area contributed by atoms with Gasteiger partial charge in [0.15, 0.2) is 18.1 Å². The van der Waals surface area contributed by atoms with Crippen LogP contribution in [0, 0.1) is 10.1 Å². The number of fused-ring (bicyclic) bond motifs is 1. The van der Waals surface area contributed by atoms with E-state index in [0.717, 1.165) is 12.8 Å².